The number of carbonyl (C=O) groups excluding carboxylic acids is 2. The average Bonchev–Trinajstić information content (AvgIpc) is 3.22. The fourth-order valence-corrected chi connectivity index (χ4v) is 8.86. The maximum atomic E-state index is 13.6. The van der Waals surface area contributed by atoms with Crippen molar-refractivity contribution in [1.29, 1.82) is 0 Å². The van der Waals surface area contributed by atoms with Crippen LogP contribution in [0.1, 0.15) is 43.4 Å². The van der Waals surface area contributed by atoms with Gasteiger partial charge in [-0.3, -0.25) is 9.59 Å². The number of nitrogens with zero attached hydrogens (tertiary/aromatic N) is 1. The zero-order valence-corrected chi connectivity index (χ0v) is 24.3. The van der Waals surface area contributed by atoms with Gasteiger partial charge < -0.3 is 30.0 Å². The molecule has 1 fully saturated rings. The third-order valence-electron chi connectivity index (χ3n) is 8.30. The van der Waals surface area contributed by atoms with Gasteiger partial charge in [0, 0.05) is 17.8 Å². The molecule has 6 atom stereocenters. The molecule has 1 saturated heterocycles. The molecule has 0 unspecified atom stereocenters. The number of hydrogen-bond donors (Lipinski definition) is 4. The second-order valence-corrected chi connectivity index (χ2v) is 15.7. The number of nitrogens with one attached hydrogen (secondary N) is 1. The Kier molecular flexibility index (Phi) is 9.28. The highest BCUT2D eigenvalue weighted by molar-refractivity contribution is 6.71. The van der Waals surface area contributed by atoms with Gasteiger partial charge in [-0.15, -0.1) is 0 Å². The molecule has 9 heteroatoms. The summed E-state index contributed by atoms with van der Waals surface area (Å²) in [5, 5.41) is 22.1. The Labute approximate surface area is 232 Å². The van der Waals surface area contributed by atoms with Crippen LogP contribution in [0.2, 0.25) is 18.6 Å². The van der Waals surface area contributed by atoms with E-state index in [4.69, 9.17) is 4.74 Å². The summed E-state index contributed by atoms with van der Waals surface area (Å²) in [7, 11) is -2.64. The SMILES string of the molecule is C[C@@H]1[C@@H]([Si](C)(C)O)[C@H](CC(=O)N2Cc3ccccc3C[C@H]2CO)O[C@@H]1CCc1ccc(NC(=O)[C@H](C)O)cc1. The number of amides is 2. The van der Waals surface area contributed by atoms with Gasteiger partial charge in [-0.25, -0.2) is 0 Å². The minimum Gasteiger partial charge on any atom is -0.432 e. The van der Waals surface area contributed by atoms with Crippen LogP contribution in [0.25, 0.3) is 0 Å². The predicted molar refractivity (Wildman–Crippen MR) is 153 cm³/mol. The number of aryl methyl sites for hydroxylation is 1. The molecule has 2 amide bonds. The quantitative estimate of drug-likeness (QED) is 0.354. The molecule has 0 saturated carbocycles. The minimum atomic E-state index is -2.64. The van der Waals surface area contributed by atoms with E-state index in [-0.39, 0.29) is 48.6 Å². The average molecular weight is 555 g/mol. The number of aliphatic hydroxyl groups excluding tert-OH is 2. The van der Waals surface area contributed by atoms with Crippen molar-refractivity contribution < 1.29 is 29.3 Å². The molecule has 2 aromatic rings. The minimum absolute atomic E-state index is 0.0421. The number of anilines is 1. The summed E-state index contributed by atoms with van der Waals surface area (Å²) in [4.78, 5) is 38.3. The van der Waals surface area contributed by atoms with E-state index >= 15 is 0 Å². The lowest BCUT2D eigenvalue weighted by Crippen LogP contribution is -2.48. The van der Waals surface area contributed by atoms with E-state index < -0.39 is 20.3 Å². The van der Waals surface area contributed by atoms with Gasteiger partial charge in [-0.1, -0.05) is 43.3 Å². The Morgan fingerprint density at radius 1 is 1.10 bits per heavy atom. The molecule has 0 radical (unpaired) electrons. The smallest absolute Gasteiger partial charge is 0.252 e. The number of carbonyl (C=O) groups is 2. The van der Waals surface area contributed by atoms with E-state index in [9.17, 15) is 24.6 Å². The van der Waals surface area contributed by atoms with Gasteiger partial charge in [-0.05, 0) is 74.0 Å². The summed E-state index contributed by atoms with van der Waals surface area (Å²) in [6.07, 6.45) is 0.819. The van der Waals surface area contributed by atoms with Crippen LogP contribution >= 0.6 is 0 Å². The zero-order chi connectivity index (χ0) is 28.3. The molecule has 2 aromatic carbocycles. The largest absolute Gasteiger partial charge is 0.432 e. The monoisotopic (exact) mass is 554 g/mol. The van der Waals surface area contributed by atoms with E-state index in [0.717, 1.165) is 24.0 Å². The van der Waals surface area contributed by atoms with Crippen molar-refractivity contribution in [2.24, 2.45) is 5.92 Å². The lowest BCUT2D eigenvalue weighted by Gasteiger charge is -2.37. The van der Waals surface area contributed by atoms with Gasteiger partial charge in [0.1, 0.15) is 6.10 Å². The van der Waals surface area contributed by atoms with Crippen molar-refractivity contribution in [3.8, 4) is 0 Å². The Hall–Kier alpha value is -2.56. The predicted octanol–water partition coefficient (Wildman–Crippen LogP) is 3.25. The van der Waals surface area contributed by atoms with Crippen molar-refractivity contribution >= 4 is 25.8 Å². The molecular formula is C30H42N2O6Si. The van der Waals surface area contributed by atoms with Crippen molar-refractivity contribution in [1.82, 2.24) is 4.90 Å². The number of hydrogen-bond acceptors (Lipinski definition) is 6. The molecule has 4 N–H and O–H groups in total. The first-order valence-electron chi connectivity index (χ1n) is 13.9. The molecule has 2 heterocycles. The van der Waals surface area contributed by atoms with Crippen LogP contribution in [-0.2, 0) is 33.7 Å². The highest BCUT2D eigenvalue weighted by Gasteiger charge is 2.50. The number of ether oxygens (including phenoxy) is 1. The third kappa shape index (κ3) is 6.96. The Bertz CT molecular complexity index is 1150. The molecule has 2 aliphatic rings. The Morgan fingerprint density at radius 3 is 2.38 bits per heavy atom. The maximum Gasteiger partial charge on any atom is 0.252 e. The summed E-state index contributed by atoms with van der Waals surface area (Å²) in [6.45, 7) is 7.78. The van der Waals surface area contributed by atoms with E-state index in [1.54, 1.807) is 4.90 Å². The van der Waals surface area contributed by atoms with Crippen molar-refractivity contribution in [3.63, 3.8) is 0 Å². The highest BCUT2D eigenvalue weighted by atomic mass is 28.4. The number of fused-ring (bicyclic) bond motifs is 1. The molecule has 4 rings (SSSR count). The van der Waals surface area contributed by atoms with Crippen LogP contribution in [0.15, 0.2) is 48.5 Å². The molecule has 212 valence electrons. The van der Waals surface area contributed by atoms with Gasteiger partial charge >= 0.3 is 0 Å². The van der Waals surface area contributed by atoms with Crippen LogP contribution in [0.4, 0.5) is 5.69 Å². The number of benzene rings is 2. The maximum absolute atomic E-state index is 13.6. The van der Waals surface area contributed by atoms with Gasteiger partial charge in [0.2, 0.25) is 5.91 Å². The second-order valence-electron chi connectivity index (χ2n) is 11.7. The normalized spacial score (nSPS) is 25.7. The molecule has 0 spiro atoms. The van der Waals surface area contributed by atoms with Crippen LogP contribution < -0.4 is 5.32 Å². The number of rotatable bonds is 9. The molecule has 0 bridgehead atoms. The first kappa shape index (κ1) is 29.4. The first-order valence-corrected chi connectivity index (χ1v) is 16.9. The lowest BCUT2D eigenvalue weighted by atomic mass is 9.93. The highest BCUT2D eigenvalue weighted by Crippen LogP contribution is 2.46. The Balaban J connectivity index is 1.41. The van der Waals surface area contributed by atoms with Crippen molar-refractivity contribution in [3.05, 3.63) is 65.2 Å². The van der Waals surface area contributed by atoms with Gasteiger partial charge in [-0.2, -0.15) is 0 Å². The fourth-order valence-electron chi connectivity index (χ4n) is 6.25. The molecule has 39 heavy (non-hydrogen) atoms. The van der Waals surface area contributed by atoms with Crippen LogP contribution in [0.5, 0.6) is 0 Å². The first-order chi connectivity index (χ1) is 18.5. The van der Waals surface area contributed by atoms with E-state index in [2.05, 4.69) is 18.3 Å². The van der Waals surface area contributed by atoms with Gasteiger partial charge in [0.25, 0.3) is 5.91 Å². The molecule has 8 nitrogen and oxygen atoms in total. The topological polar surface area (TPSA) is 119 Å². The molecule has 0 aromatic heterocycles. The summed E-state index contributed by atoms with van der Waals surface area (Å²) in [5.41, 5.74) is 3.93. The summed E-state index contributed by atoms with van der Waals surface area (Å²) in [5.74, 6) is -0.383. The van der Waals surface area contributed by atoms with E-state index in [0.29, 0.717) is 18.7 Å². The third-order valence-corrected chi connectivity index (χ3v) is 10.8. The molecule has 2 aliphatic heterocycles. The summed E-state index contributed by atoms with van der Waals surface area (Å²) in [6, 6.07) is 15.3. The van der Waals surface area contributed by atoms with E-state index in [1.807, 2.05) is 55.6 Å². The standard InChI is InChI=1S/C30H42N2O6Si/c1-19-26(14-11-21-9-12-24(13-10-21)31-30(36)20(2)34)38-27(29(19)39(3,4)37)16-28(35)32-17-23-8-6-5-7-22(23)15-25(32)18-33/h5-10,12-13,19-20,25-27,29,33-34,37H,11,14-18H2,1-4H3,(H,31,36)/t19-,20-,25-,26+,27-,29+/m0/s1. The molecule has 0 aliphatic carbocycles. The molecular weight excluding hydrogens is 512 g/mol. The van der Waals surface area contributed by atoms with Crippen LogP contribution in [0.3, 0.4) is 0 Å². The van der Waals surface area contributed by atoms with Crippen molar-refractivity contribution in [2.75, 3.05) is 11.9 Å². The summed E-state index contributed by atoms with van der Waals surface area (Å²) < 4.78 is 6.52. The lowest BCUT2D eigenvalue weighted by molar-refractivity contribution is -0.138. The Morgan fingerprint density at radius 2 is 1.77 bits per heavy atom. The van der Waals surface area contributed by atoms with Gasteiger partial charge in [0.15, 0.2) is 8.32 Å². The second kappa shape index (κ2) is 12.3. The fraction of sp³-hybridized carbons (Fsp3) is 0.533. The summed E-state index contributed by atoms with van der Waals surface area (Å²) >= 11 is 0. The van der Waals surface area contributed by atoms with Gasteiger partial charge in [0.05, 0.1) is 31.3 Å². The number of aliphatic hydroxyl groups is 2. The van der Waals surface area contributed by atoms with E-state index in [1.165, 1.54) is 12.5 Å². The van der Waals surface area contributed by atoms with Crippen molar-refractivity contribution in [2.45, 2.75) is 89.1 Å². The van der Waals surface area contributed by atoms with Crippen LogP contribution in [-0.4, -0.2) is 71.0 Å². The zero-order valence-electron chi connectivity index (χ0n) is 23.3. The van der Waals surface area contributed by atoms with Crippen LogP contribution in [0, 0.1) is 5.92 Å².